The second-order valence-corrected chi connectivity index (χ2v) is 3.62. The molecule has 5 nitrogen and oxygen atoms in total. The Morgan fingerprint density at radius 1 is 1.71 bits per heavy atom. The Bertz CT molecular complexity index is 329. The van der Waals surface area contributed by atoms with E-state index in [0.717, 1.165) is 12.2 Å². The van der Waals surface area contributed by atoms with Gasteiger partial charge in [-0.25, -0.2) is 0 Å². The third-order valence-electron chi connectivity index (χ3n) is 2.31. The van der Waals surface area contributed by atoms with Crippen LogP contribution in [0.3, 0.4) is 0 Å². The van der Waals surface area contributed by atoms with Crippen LogP contribution in [-0.4, -0.2) is 27.2 Å². The molecule has 1 amide bonds. The Morgan fingerprint density at radius 2 is 2.50 bits per heavy atom. The Kier molecular flexibility index (Phi) is 2.47. The molecule has 1 aliphatic carbocycles. The molecular weight excluding hydrogens is 180 g/mol. The molecule has 1 N–H and O–H groups in total. The standard InChI is InChI=1S/C9H14N4O/c1-7(14)10-5-4-9-12-11-6-13(9)8-2-3-8/h6,8H,2-5H2,1H3,(H,10,14). The average Bonchev–Trinajstić information content (AvgIpc) is 2.87. The van der Waals surface area contributed by atoms with Gasteiger partial charge in [-0.2, -0.15) is 0 Å². The van der Waals surface area contributed by atoms with Crippen LogP contribution >= 0.6 is 0 Å². The highest BCUT2D eigenvalue weighted by Crippen LogP contribution is 2.35. The molecule has 1 heterocycles. The SMILES string of the molecule is CC(=O)NCCc1nncn1C1CC1. The fraction of sp³-hybridized carbons (Fsp3) is 0.667. The van der Waals surface area contributed by atoms with Crippen LogP contribution < -0.4 is 5.32 Å². The molecule has 0 aliphatic heterocycles. The molecule has 5 heteroatoms. The molecule has 1 aromatic rings. The monoisotopic (exact) mass is 194 g/mol. The normalized spacial score (nSPS) is 15.5. The van der Waals surface area contributed by atoms with Gasteiger partial charge in [0.2, 0.25) is 5.91 Å². The van der Waals surface area contributed by atoms with Gasteiger partial charge in [-0.15, -0.1) is 10.2 Å². The van der Waals surface area contributed by atoms with E-state index in [2.05, 4.69) is 20.1 Å². The second-order valence-electron chi connectivity index (χ2n) is 3.62. The van der Waals surface area contributed by atoms with E-state index in [-0.39, 0.29) is 5.91 Å². The fourth-order valence-corrected chi connectivity index (χ4v) is 1.45. The highest BCUT2D eigenvalue weighted by molar-refractivity contribution is 5.72. The summed E-state index contributed by atoms with van der Waals surface area (Å²) in [6.07, 6.45) is 4.99. The first-order valence-corrected chi connectivity index (χ1v) is 4.90. The number of carbonyl (C=O) groups is 1. The van der Waals surface area contributed by atoms with Gasteiger partial charge < -0.3 is 9.88 Å². The molecule has 0 aromatic carbocycles. The van der Waals surface area contributed by atoms with Crippen molar-refractivity contribution < 1.29 is 4.79 Å². The molecule has 0 bridgehead atoms. The van der Waals surface area contributed by atoms with E-state index in [1.54, 1.807) is 6.33 Å². The topological polar surface area (TPSA) is 59.8 Å². The van der Waals surface area contributed by atoms with Gasteiger partial charge in [-0.05, 0) is 12.8 Å². The minimum absolute atomic E-state index is 0.00230. The van der Waals surface area contributed by atoms with Crippen molar-refractivity contribution in [2.75, 3.05) is 6.54 Å². The van der Waals surface area contributed by atoms with E-state index in [4.69, 9.17) is 0 Å². The molecule has 0 radical (unpaired) electrons. The quantitative estimate of drug-likeness (QED) is 0.749. The third kappa shape index (κ3) is 2.10. The largest absolute Gasteiger partial charge is 0.356 e. The number of hydrogen-bond donors (Lipinski definition) is 1. The van der Waals surface area contributed by atoms with E-state index in [9.17, 15) is 4.79 Å². The molecule has 76 valence electrons. The lowest BCUT2D eigenvalue weighted by Crippen LogP contribution is -2.23. The maximum Gasteiger partial charge on any atom is 0.216 e. The van der Waals surface area contributed by atoms with E-state index in [0.29, 0.717) is 12.6 Å². The predicted molar refractivity (Wildman–Crippen MR) is 50.7 cm³/mol. The highest BCUT2D eigenvalue weighted by Gasteiger charge is 2.25. The van der Waals surface area contributed by atoms with Gasteiger partial charge >= 0.3 is 0 Å². The zero-order chi connectivity index (χ0) is 9.97. The summed E-state index contributed by atoms with van der Waals surface area (Å²) < 4.78 is 2.11. The summed E-state index contributed by atoms with van der Waals surface area (Å²) in [4.78, 5) is 10.6. The van der Waals surface area contributed by atoms with Gasteiger partial charge in [-0.3, -0.25) is 4.79 Å². The van der Waals surface area contributed by atoms with Crippen LogP contribution in [0.5, 0.6) is 0 Å². The first-order valence-electron chi connectivity index (χ1n) is 4.90. The van der Waals surface area contributed by atoms with E-state index >= 15 is 0 Å². The lowest BCUT2D eigenvalue weighted by atomic mass is 10.4. The Morgan fingerprint density at radius 3 is 3.14 bits per heavy atom. The lowest BCUT2D eigenvalue weighted by molar-refractivity contribution is -0.118. The van der Waals surface area contributed by atoms with E-state index in [1.165, 1.54) is 19.8 Å². The van der Waals surface area contributed by atoms with E-state index < -0.39 is 0 Å². The summed E-state index contributed by atoms with van der Waals surface area (Å²) in [6.45, 7) is 2.16. The number of aromatic nitrogens is 3. The van der Waals surface area contributed by atoms with Crippen LogP contribution in [0, 0.1) is 0 Å². The minimum atomic E-state index is 0.00230. The summed E-state index contributed by atoms with van der Waals surface area (Å²) >= 11 is 0. The summed E-state index contributed by atoms with van der Waals surface area (Å²) in [5, 5.41) is 10.7. The maximum atomic E-state index is 10.6. The zero-order valence-corrected chi connectivity index (χ0v) is 8.23. The van der Waals surface area contributed by atoms with Crippen LogP contribution in [0.1, 0.15) is 31.6 Å². The van der Waals surface area contributed by atoms with Gasteiger partial charge in [0.15, 0.2) is 0 Å². The average molecular weight is 194 g/mol. The number of nitrogens with one attached hydrogen (secondary N) is 1. The lowest BCUT2D eigenvalue weighted by Gasteiger charge is -2.04. The molecule has 0 saturated heterocycles. The van der Waals surface area contributed by atoms with Gasteiger partial charge in [0.1, 0.15) is 12.2 Å². The first kappa shape index (κ1) is 9.18. The first-order chi connectivity index (χ1) is 6.77. The van der Waals surface area contributed by atoms with Crippen molar-refractivity contribution in [3.05, 3.63) is 12.2 Å². The Hall–Kier alpha value is -1.39. The maximum absolute atomic E-state index is 10.6. The molecular formula is C9H14N4O. The number of nitrogens with zero attached hydrogens (tertiary/aromatic N) is 3. The van der Waals surface area contributed by atoms with Crippen molar-refractivity contribution in [1.29, 1.82) is 0 Å². The molecule has 1 saturated carbocycles. The van der Waals surface area contributed by atoms with Crippen molar-refractivity contribution in [2.24, 2.45) is 0 Å². The summed E-state index contributed by atoms with van der Waals surface area (Å²) in [6, 6.07) is 0.609. The molecule has 0 spiro atoms. The van der Waals surface area contributed by atoms with Crippen LogP contribution in [0.25, 0.3) is 0 Å². The van der Waals surface area contributed by atoms with Crippen molar-refractivity contribution in [3.8, 4) is 0 Å². The molecule has 2 rings (SSSR count). The van der Waals surface area contributed by atoms with E-state index in [1.807, 2.05) is 0 Å². The van der Waals surface area contributed by atoms with Crippen LogP contribution in [0.2, 0.25) is 0 Å². The fourth-order valence-electron chi connectivity index (χ4n) is 1.45. The number of hydrogen-bond acceptors (Lipinski definition) is 3. The van der Waals surface area contributed by atoms with Crippen LogP contribution in [0.4, 0.5) is 0 Å². The summed E-state index contributed by atoms with van der Waals surface area (Å²) in [5.41, 5.74) is 0. The smallest absolute Gasteiger partial charge is 0.216 e. The van der Waals surface area contributed by atoms with Crippen molar-refractivity contribution >= 4 is 5.91 Å². The van der Waals surface area contributed by atoms with Gasteiger partial charge in [-0.1, -0.05) is 0 Å². The molecule has 1 fully saturated rings. The second kappa shape index (κ2) is 3.77. The highest BCUT2D eigenvalue weighted by atomic mass is 16.1. The minimum Gasteiger partial charge on any atom is -0.356 e. The number of amides is 1. The summed E-state index contributed by atoms with van der Waals surface area (Å²) in [5.74, 6) is 0.976. The van der Waals surface area contributed by atoms with Gasteiger partial charge in [0, 0.05) is 25.9 Å². The third-order valence-corrected chi connectivity index (χ3v) is 2.31. The van der Waals surface area contributed by atoms with Crippen LogP contribution in [-0.2, 0) is 11.2 Å². The van der Waals surface area contributed by atoms with Gasteiger partial charge in [0.05, 0.1) is 0 Å². The molecule has 14 heavy (non-hydrogen) atoms. The molecule has 1 aliphatic rings. The number of rotatable bonds is 4. The molecule has 0 atom stereocenters. The van der Waals surface area contributed by atoms with Crippen molar-refractivity contribution in [1.82, 2.24) is 20.1 Å². The predicted octanol–water partition coefficient (Wildman–Crippen LogP) is 0.292. The molecule has 1 aromatic heterocycles. The van der Waals surface area contributed by atoms with Crippen molar-refractivity contribution in [2.45, 2.75) is 32.2 Å². The summed E-state index contributed by atoms with van der Waals surface area (Å²) in [7, 11) is 0. The van der Waals surface area contributed by atoms with Crippen LogP contribution in [0.15, 0.2) is 6.33 Å². The number of carbonyl (C=O) groups excluding carboxylic acids is 1. The zero-order valence-electron chi connectivity index (χ0n) is 8.23. The van der Waals surface area contributed by atoms with Crippen molar-refractivity contribution in [3.63, 3.8) is 0 Å². The van der Waals surface area contributed by atoms with Gasteiger partial charge in [0.25, 0.3) is 0 Å². The Balaban J connectivity index is 1.88. The Labute approximate surface area is 82.5 Å². The molecule has 0 unspecified atom stereocenters.